The summed E-state index contributed by atoms with van der Waals surface area (Å²) in [5.74, 6) is -2.57. The molecule has 3 N–H and O–H groups in total. The maximum absolute atomic E-state index is 14.2. The van der Waals surface area contributed by atoms with Gasteiger partial charge in [-0.15, -0.1) is 0 Å². The van der Waals surface area contributed by atoms with Crippen LogP contribution in [-0.2, 0) is 14.3 Å². The highest BCUT2D eigenvalue weighted by Gasteiger charge is 2.47. The topological polar surface area (TPSA) is 121 Å². The maximum Gasteiger partial charge on any atom is 0.317 e. The van der Waals surface area contributed by atoms with E-state index in [1.165, 1.54) is 32.1 Å². The van der Waals surface area contributed by atoms with Crippen LogP contribution in [0.15, 0.2) is 12.3 Å². The number of aliphatic carboxylic acids is 1. The first-order valence-corrected chi connectivity index (χ1v) is 18.7. The van der Waals surface area contributed by atoms with E-state index in [1.807, 2.05) is 32.6 Å². The van der Waals surface area contributed by atoms with Gasteiger partial charge in [0.1, 0.15) is 6.10 Å². The summed E-state index contributed by atoms with van der Waals surface area (Å²) in [6.45, 7) is 13.8. The third-order valence-corrected chi connectivity index (χ3v) is 10.2. The number of ether oxygens (including phenoxy) is 2. The van der Waals surface area contributed by atoms with E-state index in [9.17, 15) is 19.5 Å². The fourth-order valence-electron chi connectivity index (χ4n) is 7.40. The number of ketones is 1. The minimum absolute atomic E-state index is 0.0385. The predicted octanol–water partition coefficient (Wildman–Crippen LogP) is 8.83. The summed E-state index contributed by atoms with van der Waals surface area (Å²) < 4.78 is 12.1. The van der Waals surface area contributed by atoms with Crippen LogP contribution >= 0.6 is 0 Å². The van der Waals surface area contributed by atoms with Gasteiger partial charge in [-0.1, -0.05) is 98.3 Å². The van der Waals surface area contributed by atoms with Crippen molar-refractivity contribution in [2.45, 2.75) is 168 Å². The van der Waals surface area contributed by atoms with Gasteiger partial charge >= 0.3 is 12.0 Å². The molecule has 1 aromatic heterocycles. The van der Waals surface area contributed by atoms with Crippen LogP contribution < -0.4 is 5.32 Å². The molecular formula is C38H65N3O6. The Hall–Kier alpha value is -2.39. The van der Waals surface area contributed by atoms with E-state index in [0.29, 0.717) is 17.9 Å². The van der Waals surface area contributed by atoms with Gasteiger partial charge in [0.05, 0.1) is 13.0 Å². The largest absolute Gasteiger partial charge is 0.481 e. The third kappa shape index (κ3) is 11.9. The summed E-state index contributed by atoms with van der Waals surface area (Å²) in [5, 5.41) is 13.6. The van der Waals surface area contributed by atoms with Gasteiger partial charge in [-0.2, -0.15) is 0 Å². The van der Waals surface area contributed by atoms with Gasteiger partial charge in [0.25, 0.3) is 0 Å². The lowest BCUT2D eigenvalue weighted by atomic mass is 9.76. The molecule has 4 unspecified atom stereocenters. The normalized spacial score (nSPS) is 23.1. The third-order valence-electron chi connectivity index (χ3n) is 10.2. The second kappa shape index (κ2) is 19.0. The van der Waals surface area contributed by atoms with Crippen LogP contribution in [0.2, 0.25) is 0 Å². The lowest BCUT2D eigenvalue weighted by Gasteiger charge is -2.45. The number of nitrogens with one attached hydrogen (secondary N) is 2. The molecule has 2 fully saturated rings. The summed E-state index contributed by atoms with van der Waals surface area (Å²) in [4.78, 5) is 45.8. The van der Waals surface area contributed by atoms with Crippen LogP contribution in [0.1, 0.15) is 166 Å². The number of Topliss-reactive ketones (excluding diaryl/α,β-unsaturated/α-hetero) is 1. The molecule has 2 heterocycles. The molecule has 1 aliphatic carbocycles. The Morgan fingerprint density at radius 2 is 1.55 bits per heavy atom. The van der Waals surface area contributed by atoms with Gasteiger partial charge in [-0.25, -0.2) is 4.79 Å². The number of unbranched alkanes of at least 4 members (excludes halogenated alkanes) is 8. The standard InChI is InChI=1S/C38H65N3O6/c1-7-9-11-13-14-19-25-41(24-18-12-10-8-2)36(45)40-31-21-17-15-16-20-28(31)30(26-32(42)43)33-29(22-23-39-33)34(44)35-37(3,4)27-46-38(5,6)47-35/h22-23,28,30-31,35,39H,7-21,24-27H2,1-6H3,(H,40,45)(H,42,43). The Bertz CT molecular complexity index is 1110. The molecule has 2 aliphatic rings. The monoisotopic (exact) mass is 659 g/mol. The van der Waals surface area contributed by atoms with Crippen LogP contribution in [0.5, 0.6) is 0 Å². The molecule has 47 heavy (non-hydrogen) atoms. The lowest BCUT2D eigenvalue weighted by Crippen LogP contribution is -2.53. The number of carbonyl (C=O) groups is 3. The Morgan fingerprint density at radius 3 is 2.21 bits per heavy atom. The first kappa shape index (κ1) is 39.1. The average molecular weight is 660 g/mol. The number of aromatic amines is 1. The van der Waals surface area contributed by atoms with Gasteiger partial charge in [0.15, 0.2) is 11.6 Å². The molecular weight excluding hydrogens is 594 g/mol. The fraction of sp³-hybridized carbons (Fsp3) is 0.816. The van der Waals surface area contributed by atoms with Crippen molar-refractivity contribution in [3.8, 4) is 0 Å². The van der Waals surface area contributed by atoms with Crippen LogP contribution in [0, 0.1) is 11.3 Å². The molecule has 1 aromatic rings. The zero-order chi connectivity index (χ0) is 34.5. The number of aromatic nitrogens is 1. The Kier molecular flexibility index (Phi) is 15.8. The highest BCUT2D eigenvalue weighted by molar-refractivity contribution is 6.01. The van der Waals surface area contributed by atoms with Crippen molar-refractivity contribution in [1.29, 1.82) is 0 Å². The lowest BCUT2D eigenvalue weighted by molar-refractivity contribution is -0.298. The van der Waals surface area contributed by atoms with E-state index < -0.39 is 29.2 Å². The van der Waals surface area contributed by atoms with Gasteiger partial charge in [0, 0.05) is 47.9 Å². The second-order valence-electron chi connectivity index (χ2n) is 15.2. The van der Waals surface area contributed by atoms with Crippen molar-refractivity contribution in [3.05, 3.63) is 23.5 Å². The molecule has 9 nitrogen and oxygen atoms in total. The molecule has 0 aromatic carbocycles. The highest BCUT2D eigenvalue weighted by atomic mass is 16.7. The quantitative estimate of drug-likeness (QED) is 0.0775. The highest BCUT2D eigenvalue weighted by Crippen LogP contribution is 2.41. The van der Waals surface area contributed by atoms with Crippen molar-refractivity contribution >= 4 is 17.8 Å². The molecule has 268 valence electrons. The molecule has 1 saturated carbocycles. The molecule has 0 spiro atoms. The second-order valence-corrected chi connectivity index (χ2v) is 15.2. The summed E-state index contributed by atoms with van der Waals surface area (Å²) >= 11 is 0. The van der Waals surface area contributed by atoms with E-state index in [4.69, 9.17) is 9.47 Å². The van der Waals surface area contributed by atoms with Crippen molar-refractivity contribution in [2.24, 2.45) is 11.3 Å². The van der Waals surface area contributed by atoms with Crippen molar-refractivity contribution in [3.63, 3.8) is 0 Å². The number of carboxylic acids is 1. The number of carboxylic acid groups (broad SMARTS) is 1. The Labute approximate surface area is 284 Å². The number of hydrogen-bond donors (Lipinski definition) is 3. The van der Waals surface area contributed by atoms with Crippen LogP contribution in [-0.4, -0.2) is 70.4 Å². The number of nitrogens with zero attached hydrogens (tertiary/aromatic N) is 1. The number of hydrogen-bond acceptors (Lipinski definition) is 5. The molecule has 2 amide bonds. The fourth-order valence-corrected chi connectivity index (χ4v) is 7.40. The first-order valence-electron chi connectivity index (χ1n) is 18.7. The van der Waals surface area contributed by atoms with Gasteiger partial charge in [-0.05, 0) is 51.5 Å². The zero-order valence-corrected chi connectivity index (χ0v) is 30.3. The zero-order valence-electron chi connectivity index (χ0n) is 30.3. The van der Waals surface area contributed by atoms with Crippen molar-refractivity contribution in [1.82, 2.24) is 15.2 Å². The van der Waals surface area contributed by atoms with Crippen molar-refractivity contribution in [2.75, 3.05) is 19.7 Å². The number of urea groups is 1. The SMILES string of the molecule is CCCCCCCCN(CCCCCC)C(=O)NC1CCCCCC1C(CC(=O)O)c1[nH]ccc1C(=O)C1OC(C)(C)OCC1(C)C. The maximum atomic E-state index is 14.2. The molecule has 1 saturated heterocycles. The minimum atomic E-state index is -0.915. The molecule has 0 bridgehead atoms. The summed E-state index contributed by atoms with van der Waals surface area (Å²) in [6, 6.07) is 1.54. The van der Waals surface area contributed by atoms with E-state index in [-0.39, 0.29) is 30.2 Å². The van der Waals surface area contributed by atoms with Crippen LogP contribution in [0.4, 0.5) is 4.79 Å². The van der Waals surface area contributed by atoms with E-state index in [1.54, 1.807) is 12.3 Å². The van der Waals surface area contributed by atoms with E-state index in [0.717, 1.165) is 77.3 Å². The van der Waals surface area contributed by atoms with Gasteiger partial charge in [-0.3, -0.25) is 9.59 Å². The first-order chi connectivity index (χ1) is 22.4. The Morgan fingerprint density at radius 1 is 0.936 bits per heavy atom. The predicted molar refractivity (Wildman–Crippen MR) is 187 cm³/mol. The minimum Gasteiger partial charge on any atom is -0.481 e. The molecule has 1 aliphatic heterocycles. The van der Waals surface area contributed by atoms with Crippen LogP contribution in [0.3, 0.4) is 0 Å². The van der Waals surface area contributed by atoms with Crippen molar-refractivity contribution < 1.29 is 29.0 Å². The average Bonchev–Trinajstić information content (AvgIpc) is 3.40. The van der Waals surface area contributed by atoms with Gasteiger partial charge in [0.2, 0.25) is 0 Å². The molecule has 9 heteroatoms. The molecule has 4 atom stereocenters. The summed E-state index contributed by atoms with van der Waals surface area (Å²) in [5.41, 5.74) is 0.552. The number of H-pyrrole nitrogens is 1. The number of rotatable bonds is 19. The Balaban J connectivity index is 1.85. The molecule has 3 rings (SSSR count). The number of carbonyl (C=O) groups excluding carboxylic acids is 2. The van der Waals surface area contributed by atoms with Crippen LogP contribution in [0.25, 0.3) is 0 Å². The van der Waals surface area contributed by atoms with E-state index >= 15 is 0 Å². The summed E-state index contributed by atoms with van der Waals surface area (Å²) in [6.07, 6.45) is 16.9. The number of amides is 2. The summed E-state index contributed by atoms with van der Waals surface area (Å²) in [7, 11) is 0. The van der Waals surface area contributed by atoms with E-state index in [2.05, 4.69) is 24.1 Å². The van der Waals surface area contributed by atoms with Gasteiger partial charge < -0.3 is 29.8 Å². The smallest absolute Gasteiger partial charge is 0.317 e. The molecule has 0 radical (unpaired) electrons.